The van der Waals surface area contributed by atoms with Gasteiger partial charge in [0.2, 0.25) is 0 Å². The standard InChI is InChI=1S/C13H16O.C3H6O2/c14-13-9-5-4-8-12(13)10-11-6-2-1-3-7-11;1-2-3(4)5/h1-3,6-7,14H,4-5,8-10H2;2H2,1H3,(H,4,5). The molecule has 0 bridgehead atoms. The smallest absolute Gasteiger partial charge is 0.303 e. The molecule has 0 unspecified atom stereocenters. The van der Waals surface area contributed by atoms with Crippen LogP contribution in [0.2, 0.25) is 0 Å². The fourth-order valence-corrected chi connectivity index (χ4v) is 1.98. The van der Waals surface area contributed by atoms with Gasteiger partial charge in [-0.2, -0.15) is 0 Å². The molecule has 19 heavy (non-hydrogen) atoms. The first-order valence-electron chi connectivity index (χ1n) is 6.79. The number of aliphatic hydroxyl groups is 1. The van der Waals surface area contributed by atoms with Crippen molar-refractivity contribution in [2.24, 2.45) is 0 Å². The summed E-state index contributed by atoms with van der Waals surface area (Å²) in [5.74, 6) is -0.106. The molecule has 2 N–H and O–H groups in total. The minimum absolute atomic E-state index is 0.222. The van der Waals surface area contributed by atoms with E-state index in [-0.39, 0.29) is 6.42 Å². The number of hydrogen-bond donors (Lipinski definition) is 2. The fraction of sp³-hybridized carbons (Fsp3) is 0.438. The summed E-state index contributed by atoms with van der Waals surface area (Å²) in [4.78, 5) is 9.37. The summed E-state index contributed by atoms with van der Waals surface area (Å²) >= 11 is 0. The average molecular weight is 262 g/mol. The number of rotatable bonds is 3. The van der Waals surface area contributed by atoms with Crippen LogP contribution in [0.25, 0.3) is 0 Å². The Labute approximate surface area is 114 Å². The number of aliphatic hydroxyl groups excluding tert-OH is 1. The van der Waals surface area contributed by atoms with Crippen molar-refractivity contribution >= 4 is 5.97 Å². The summed E-state index contributed by atoms with van der Waals surface area (Å²) in [6.45, 7) is 1.60. The van der Waals surface area contributed by atoms with Gasteiger partial charge >= 0.3 is 5.97 Å². The third-order valence-electron chi connectivity index (χ3n) is 3.11. The van der Waals surface area contributed by atoms with Crippen molar-refractivity contribution in [1.82, 2.24) is 0 Å². The van der Waals surface area contributed by atoms with Crippen LogP contribution in [-0.2, 0) is 11.2 Å². The maximum Gasteiger partial charge on any atom is 0.303 e. The van der Waals surface area contributed by atoms with Crippen LogP contribution in [0.1, 0.15) is 44.6 Å². The molecule has 0 fully saturated rings. The van der Waals surface area contributed by atoms with E-state index < -0.39 is 5.97 Å². The van der Waals surface area contributed by atoms with Crippen molar-refractivity contribution in [1.29, 1.82) is 0 Å². The lowest BCUT2D eigenvalue weighted by molar-refractivity contribution is -0.136. The molecule has 104 valence electrons. The molecule has 0 atom stereocenters. The molecular formula is C16H22O3. The van der Waals surface area contributed by atoms with E-state index in [9.17, 15) is 9.90 Å². The summed E-state index contributed by atoms with van der Waals surface area (Å²) < 4.78 is 0. The summed E-state index contributed by atoms with van der Waals surface area (Å²) in [6.07, 6.45) is 5.46. The monoisotopic (exact) mass is 262 g/mol. The second kappa shape index (κ2) is 8.35. The molecule has 0 saturated carbocycles. The molecule has 1 aliphatic rings. The molecule has 2 rings (SSSR count). The first-order chi connectivity index (χ1) is 9.13. The molecule has 0 spiro atoms. The first kappa shape index (κ1) is 15.3. The SMILES string of the molecule is CCC(=O)O.OC1=C(Cc2ccccc2)CCCC1. The minimum Gasteiger partial charge on any atom is -0.512 e. The summed E-state index contributed by atoms with van der Waals surface area (Å²) in [5, 5.41) is 17.4. The van der Waals surface area contributed by atoms with E-state index in [2.05, 4.69) is 24.3 Å². The van der Waals surface area contributed by atoms with Crippen LogP contribution >= 0.6 is 0 Å². The normalized spacial score (nSPS) is 14.6. The lowest BCUT2D eigenvalue weighted by Gasteiger charge is -2.15. The Morgan fingerprint density at radius 3 is 2.26 bits per heavy atom. The summed E-state index contributed by atoms with van der Waals surface area (Å²) in [5.41, 5.74) is 2.54. The van der Waals surface area contributed by atoms with Gasteiger partial charge in [-0.15, -0.1) is 0 Å². The Morgan fingerprint density at radius 1 is 1.16 bits per heavy atom. The highest BCUT2D eigenvalue weighted by Gasteiger charge is 2.11. The van der Waals surface area contributed by atoms with Crippen molar-refractivity contribution in [3.05, 3.63) is 47.2 Å². The van der Waals surface area contributed by atoms with Crippen LogP contribution in [0.4, 0.5) is 0 Å². The number of aliphatic carboxylic acids is 1. The van der Waals surface area contributed by atoms with E-state index in [0.29, 0.717) is 5.76 Å². The number of carboxylic acids is 1. The van der Waals surface area contributed by atoms with Gasteiger partial charge in [0.05, 0.1) is 5.76 Å². The second-order valence-corrected chi connectivity index (χ2v) is 4.67. The van der Waals surface area contributed by atoms with Crippen molar-refractivity contribution in [2.75, 3.05) is 0 Å². The Balaban J connectivity index is 0.000000312. The van der Waals surface area contributed by atoms with E-state index >= 15 is 0 Å². The van der Waals surface area contributed by atoms with E-state index in [1.165, 1.54) is 17.6 Å². The van der Waals surface area contributed by atoms with Gasteiger partial charge in [-0.25, -0.2) is 0 Å². The molecule has 1 aliphatic carbocycles. The zero-order valence-electron chi connectivity index (χ0n) is 11.4. The molecule has 0 saturated heterocycles. The molecule has 0 aliphatic heterocycles. The highest BCUT2D eigenvalue weighted by atomic mass is 16.4. The lowest BCUT2D eigenvalue weighted by atomic mass is 9.93. The minimum atomic E-state index is -0.745. The fourth-order valence-electron chi connectivity index (χ4n) is 1.98. The molecule has 3 heteroatoms. The van der Waals surface area contributed by atoms with Crippen molar-refractivity contribution < 1.29 is 15.0 Å². The first-order valence-corrected chi connectivity index (χ1v) is 6.79. The third kappa shape index (κ3) is 6.09. The van der Waals surface area contributed by atoms with E-state index in [0.717, 1.165) is 25.7 Å². The van der Waals surface area contributed by atoms with Crippen molar-refractivity contribution in [3.63, 3.8) is 0 Å². The molecule has 0 heterocycles. The van der Waals surface area contributed by atoms with Crippen LogP contribution in [0.15, 0.2) is 41.7 Å². The predicted molar refractivity (Wildman–Crippen MR) is 76.2 cm³/mol. The van der Waals surface area contributed by atoms with E-state index in [1.807, 2.05) is 6.07 Å². The Morgan fingerprint density at radius 2 is 1.74 bits per heavy atom. The number of hydrogen-bond acceptors (Lipinski definition) is 2. The van der Waals surface area contributed by atoms with Crippen molar-refractivity contribution in [3.8, 4) is 0 Å². The van der Waals surface area contributed by atoms with Crippen LogP contribution in [0.3, 0.4) is 0 Å². The number of carboxylic acid groups (broad SMARTS) is 1. The second-order valence-electron chi connectivity index (χ2n) is 4.67. The van der Waals surface area contributed by atoms with Gasteiger partial charge in [-0.05, 0) is 36.8 Å². The molecule has 0 aromatic heterocycles. The predicted octanol–water partition coefficient (Wildman–Crippen LogP) is 4.10. The molecule has 3 nitrogen and oxygen atoms in total. The van der Waals surface area contributed by atoms with Crippen LogP contribution in [0, 0.1) is 0 Å². The van der Waals surface area contributed by atoms with E-state index in [1.54, 1.807) is 6.92 Å². The highest BCUT2D eigenvalue weighted by Crippen LogP contribution is 2.25. The van der Waals surface area contributed by atoms with Crippen LogP contribution in [0.5, 0.6) is 0 Å². The Hall–Kier alpha value is -1.77. The summed E-state index contributed by atoms with van der Waals surface area (Å²) in [7, 11) is 0. The van der Waals surface area contributed by atoms with Gasteiger partial charge in [0.1, 0.15) is 0 Å². The Bertz CT molecular complexity index is 421. The number of allylic oxidation sites excluding steroid dienone is 2. The average Bonchev–Trinajstić information content (AvgIpc) is 2.43. The Kier molecular flexibility index (Phi) is 6.72. The number of carbonyl (C=O) groups is 1. The van der Waals surface area contributed by atoms with Crippen LogP contribution < -0.4 is 0 Å². The van der Waals surface area contributed by atoms with Gasteiger partial charge in [0.15, 0.2) is 0 Å². The van der Waals surface area contributed by atoms with Gasteiger partial charge in [0.25, 0.3) is 0 Å². The number of benzene rings is 1. The van der Waals surface area contributed by atoms with Gasteiger partial charge < -0.3 is 10.2 Å². The highest BCUT2D eigenvalue weighted by molar-refractivity contribution is 5.66. The summed E-state index contributed by atoms with van der Waals surface area (Å²) in [6, 6.07) is 10.4. The van der Waals surface area contributed by atoms with Gasteiger partial charge in [-0.1, -0.05) is 37.3 Å². The van der Waals surface area contributed by atoms with Crippen molar-refractivity contribution in [2.45, 2.75) is 45.4 Å². The molecule has 0 amide bonds. The third-order valence-corrected chi connectivity index (χ3v) is 3.11. The molecule has 1 aromatic rings. The zero-order chi connectivity index (χ0) is 14.1. The van der Waals surface area contributed by atoms with Gasteiger partial charge in [-0.3, -0.25) is 4.79 Å². The zero-order valence-corrected chi connectivity index (χ0v) is 11.4. The van der Waals surface area contributed by atoms with Crippen LogP contribution in [-0.4, -0.2) is 16.2 Å². The molecular weight excluding hydrogens is 240 g/mol. The maximum absolute atomic E-state index is 9.71. The quantitative estimate of drug-likeness (QED) is 0.862. The largest absolute Gasteiger partial charge is 0.512 e. The van der Waals surface area contributed by atoms with E-state index in [4.69, 9.17) is 5.11 Å². The molecule has 0 radical (unpaired) electrons. The molecule has 1 aromatic carbocycles. The maximum atomic E-state index is 9.71. The lowest BCUT2D eigenvalue weighted by Crippen LogP contribution is -2.02. The topological polar surface area (TPSA) is 57.5 Å². The van der Waals surface area contributed by atoms with Gasteiger partial charge in [0, 0.05) is 12.8 Å².